The van der Waals surface area contributed by atoms with Crippen molar-refractivity contribution in [2.45, 2.75) is 12.8 Å². The normalized spacial score (nSPS) is 14.1. The van der Waals surface area contributed by atoms with E-state index in [1.165, 1.54) is 5.56 Å². The third-order valence-electron chi connectivity index (χ3n) is 4.39. The average molecular weight is 335 g/mol. The van der Waals surface area contributed by atoms with Gasteiger partial charge in [-0.2, -0.15) is 0 Å². The molecule has 3 aromatic rings. The van der Waals surface area contributed by atoms with Gasteiger partial charge >= 0.3 is 0 Å². The van der Waals surface area contributed by atoms with Crippen molar-refractivity contribution in [1.82, 2.24) is 0 Å². The Bertz CT molecular complexity index is 1050. The Kier molecular flexibility index (Phi) is 3.62. The smallest absolute Gasteiger partial charge is 0.258 e. The zero-order valence-electron chi connectivity index (χ0n) is 13.1. The van der Waals surface area contributed by atoms with Crippen LogP contribution in [0.15, 0.2) is 71.6 Å². The van der Waals surface area contributed by atoms with E-state index in [9.17, 15) is 8.42 Å². The van der Waals surface area contributed by atoms with Gasteiger partial charge in [-0.1, -0.05) is 60.7 Å². The van der Waals surface area contributed by atoms with Crippen LogP contribution in [0.25, 0.3) is 16.8 Å². The van der Waals surface area contributed by atoms with Gasteiger partial charge in [0.15, 0.2) is 0 Å². The molecule has 24 heavy (non-hydrogen) atoms. The molecular weight excluding hydrogens is 318 g/mol. The van der Waals surface area contributed by atoms with E-state index in [4.69, 9.17) is 0 Å². The van der Waals surface area contributed by atoms with Crippen molar-refractivity contribution in [3.8, 4) is 0 Å². The Morgan fingerprint density at radius 1 is 0.792 bits per heavy atom. The zero-order chi connectivity index (χ0) is 16.6. The van der Waals surface area contributed by atoms with E-state index in [2.05, 4.69) is 4.72 Å². The minimum absolute atomic E-state index is 0.439. The van der Waals surface area contributed by atoms with Crippen LogP contribution in [0.2, 0.25) is 0 Å². The fourth-order valence-corrected chi connectivity index (χ4v) is 4.39. The van der Waals surface area contributed by atoms with E-state index < -0.39 is 10.0 Å². The van der Waals surface area contributed by atoms with E-state index in [1.54, 1.807) is 12.1 Å². The van der Waals surface area contributed by atoms with Crippen LogP contribution >= 0.6 is 0 Å². The molecule has 0 spiro atoms. The maximum atomic E-state index is 12.8. The zero-order valence-corrected chi connectivity index (χ0v) is 13.9. The topological polar surface area (TPSA) is 46.2 Å². The minimum Gasteiger partial charge on any atom is -0.279 e. The lowest BCUT2D eigenvalue weighted by atomic mass is 9.98. The van der Waals surface area contributed by atoms with E-state index in [0.717, 1.165) is 22.8 Å². The summed E-state index contributed by atoms with van der Waals surface area (Å²) in [6, 6.07) is 21.3. The second-order valence-electron chi connectivity index (χ2n) is 5.94. The van der Waals surface area contributed by atoms with Crippen molar-refractivity contribution in [3.05, 3.63) is 82.8 Å². The van der Waals surface area contributed by atoms with E-state index in [0.29, 0.717) is 17.0 Å². The molecule has 0 atom stereocenters. The summed E-state index contributed by atoms with van der Waals surface area (Å²) in [6.45, 7) is 0. The van der Waals surface area contributed by atoms with E-state index >= 15 is 0 Å². The largest absolute Gasteiger partial charge is 0.279 e. The highest BCUT2D eigenvalue weighted by atomic mass is 32.2. The van der Waals surface area contributed by atoms with Crippen LogP contribution < -0.4 is 4.72 Å². The Labute approximate surface area is 141 Å². The fraction of sp³-hybridized carbons (Fsp3) is 0.100. The monoisotopic (exact) mass is 335 g/mol. The Morgan fingerprint density at radius 3 is 2.46 bits per heavy atom. The first-order valence-electron chi connectivity index (χ1n) is 7.92. The fourth-order valence-electron chi connectivity index (χ4n) is 3.14. The molecule has 0 fully saturated rings. The molecule has 3 aromatic carbocycles. The van der Waals surface area contributed by atoms with Crippen molar-refractivity contribution in [2.24, 2.45) is 0 Å². The SMILES string of the molecule is O=S(=O)(Nc1cccc2ccccc12)C1=Cc2ccccc2CC1. The molecule has 4 rings (SSSR count). The van der Waals surface area contributed by atoms with E-state index in [-0.39, 0.29) is 0 Å². The van der Waals surface area contributed by atoms with Gasteiger partial charge in [0, 0.05) is 5.39 Å². The molecule has 3 nitrogen and oxygen atoms in total. The van der Waals surface area contributed by atoms with Crippen LogP contribution in [0.5, 0.6) is 0 Å². The van der Waals surface area contributed by atoms with Crippen molar-refractivity contribution in [1.29, 1.82) is 0 Å². The summed E-state index contributed by atoms with van der Waals surface area (Å²) in [7, 11) is -3.56. The summed E-state index contributed by atoms with van der Waals surface area (Å²) < 4.78 is 28.4. The highest BCUT2D eigenvalue weighted by Crippen LogP contribution is 2.30. The predicted molar refractivity (Wildman–Crippen MR) is 99.2 cm³/mol. The van der Waals surface area contributed by atoms with Crippen molar-refractivity contribution < 1.29 is 8.42 Å². The van der Waals surface area contributed by atoms with Crippen molar-refractivity contribution in [2.75, 3.05) is 4.72 Å². The number of fused-ring (bicyclic) bond motifs is 2. The van der Waals surface area contributed by atoms with Gasteiger partial charge < -0.3 is 0 Å². The first kappa shape index (κ1) is 15.0. The molecular formula is C20H17NO2S. The lowest BCUT2D eigenvalue weighted by molar-refractivity contribution is 0.605. The number of benzene rings is 3. The second-order valence-corrected chi connectivity index (χ2v) is 7.68. The minimum atomic E-state index is -3.56. The summed E-state index contributed by atoms with van der Waals surface area (Å²) in [4.78, 5) is 0.439. The Balaban J connectivity index is 1.73. The highest BCUT2D eigenvalue weighted by molar-refractivity contribution is 7.96. The first-order chi connectivity index (χ1) is 11.6. The van der Waals surface area contributed by atoms with Crippen LogP contribution in [-0.2, 0) is 16.4 Å². The maximum absolute atomic E-state index is 12.8. The lowest BCUT2D eigenvalue weighted by Crippen LogP contribution is -2.17. The molecule has 0 heterocycles. The molecule has 0 amide bonds. The Morgan fingerprint density at radius 2 is 1.54 bits per heavy atom. The highest BCUT2D eigenvalue weighted by Gasteiger charge is 2.22. The number of allylic oxidation sites excluding steroid dienone is 1. The quantitative estimate of drug-likeness (QED) is 0.762. The summed E-state index contributed by atoms with van der Waals surface area (Å²) in [5.74, 6) is 0. The molecule has 1 aliphatic rings. The number of rotatable bonds is 3. The van der Waals surface area contributed by atoms with E-state index in [1.807, 2.05) is 60.7 Å². The second kappa shape index (κ2) is 5.80. The predicted octanol–water partition coefficient (Wildman–Crippen LogP) is 4.57. The number of aryl methyl sites for hydroxylation is 1. The van der Waals surface area contributed by atoms with Crippen LogP contribution in [0.1, 0.15) is 17.5 Å². The molecule has 4 heteroatoms. The molecule has 0 radical (unpaired) electrons. The van der Waals surface area contributed by atoms with Gasteiger partial charge in [0.2, 0.25) is 0 Å². The number of nitrogens with one attached hydrogen (secondary N) is 1. The number of hydrogen-bond donors (Lipinski definition) is 1. The van der Waals surface area contributed by atoms with Gasteiger partial charge in [0.25, 0.3) is 10.0 Å². The van der Waals surface area contributed by atoms with Gasteiger partial charge in [-0.15, -0.1) is 0 Å². The number of anilines is 1. The van der Waals surface area contributed by atoms with Crippen LogP contribution in [0.3, 0.4) is 0 Å². The standard InChI is InChI=1S/C20H17NO2S/c22-24(23,18-13-12-15-6-1-2-8-17(15)14-18)21-20-11-5-9-16-7-3-4-10-19(16)20/h1-11,14,21H,12-13H2. The first-order valence-corrected chi connectivity index (χ1v) is 9.41. The summed E-state index contributed by atoms with van der Waals surface area (Å²) in [5.41, 5.74) is 2.80. The van der Waals surface area contributed by atoms with Gasteiger partial charge in [0.1, 0.15) is 0 Å². The van der Waals surface area contributed by atoms with Crippen LogP contribution in [0, 0.1) is 0 Å². The molecule has 0 saturated carbocycles. The molecule has 0 unspecified atom stereocenters. The number of sulfonamides is 1. The average Bonchev–Trinajstić information content (AvgIpc) is 2.61. The molecule has 0 aliphatic heterocycles. The summed E-state index contributed by atoms with van der Waals surface area (Å²) >= 11 is 0. The Hall–Kier alpha value is -2.59. The summed E-state index contributed by atoms with van der Waals surface area (Å²) in [6.07, 6.45) is 3.06. The van der Waals surface area contributed by atoms with Gasteiger partial charge in [-0.05, 0) is 41.5 Å². The van der Waals surface area contributed by atoms with Gasteiger partial charge in [-0.3, -0.25) is 4.72 Å². The van der Waals surface area contributed by atoms with Crippen molar-refractivity contribution in [3.63, 3.8) is 0 Å². The molecule has 0 saturated heterocycles. The molecule has 120 valence electrons. The van der Waals surface area contributed by atoms with Crippen LogP contribution in [-0.4, -0.2) is 8.42 Å². The molecule has 0 bridgehead atoms. The number of hydrogen-bond acceptors (Lipinski definition) is 2. The molecule has 1 N–H and O–H groups in total. The third kappa shape index (κ3) is 2.69. The summed E-state index contributed by atoms with van der Waals surface area (Å²) in [5, 5.41) is 1.92. The van der Waals surface area contributed by atoms with Gasteiger partial charge in [0.05, 0.1) is 10.6 Å². The van der Waals surface area contributed by atoms with Crippen LogP contribution in [0.4, 0.5) is 5.69 Å². The van der Waals surface area contributed by atoms with Gasteiger partial charge in [-0.25, -0.2) is 8.42 Å². The maximum Gasteiger partial charge on any atom is 0.258 e. The lowest BCUT2D eigenvalue weighted by Gasteiger charge is -2.18. The molecule has 0 aromatic heterocycles. The third-order valence-corrected chi connectivity index (χ3v) is 5.89. The van der Waals surface area contributed by atoms with Crippen molar-refractivity contribution >= 4 is 32.6 Å². The molecule has 1 aliphatic carbocycles.